The van der Waals surface area contributed by atoms with E-state index >= 15 is 0 Å². The Bertz CT molecular complexity index is 688. The zero-order valence-electron chi connectivity index (χ0n) is 9.87. The van der Waals surface area contributed by atoms with E-state index in [9.17, 15) is 0 Å². The van der Waals surface area contributed by atoms with Crippen LogP contribution in [0.3, 0.4) is 0 Å². The van der Waals surface area contributed by atoms with Gasteiger partial charge >= 0.3 is 0 Å². The summed E-state index contributed by atoms with van der Waals surface area (Å²) in [5.41, 5.74) is 8.09. The SMILES string of the molecule is Cc1cc2c(Oc3ccc(N)cc3)nccn2n1. The Kier molecular flexibility index (Phi) is 2.37. The van der Waals surface area contributed by atoms with E-state index < -0.39 is 0 Å². The summed E-state index contributed by atoms with van der Waals surface area (Å²) in [5.74, 6) is 1.23. The van der Waals surface area contributed by atoms with Gasteiger partial charge in [-0.15, -0.1) is 0 Å². The molecule has 18 heavy (non-hydrogen) atoms. The first kappa shape index (κ1) is 10.6. The highest BCUT2D eigenvalue weighted by atomic mass is 16.5. The van der Waals surface area contributed by atoms with Crippen LogP contribution in [-0.4, -0.2) is 14.6 Å². The third-order valence-corrected chi connectivity index (χ3v) is 2.57. The molecule has 0 bridgehead atoms. The third kappa shape index (κ3) is 1.86. The summed E-state index contributed by atoms with van der Waals surface area (Å²) in [7, 11) is 0. The Labute approximate surface area is 104 Å². The van der Waals surface area contributed by atoms with Gasteiger partial charge in [-0.1, -0.05) is 0 Å². The number of hydrogen-bond acceptors (Lipinski definition) is 4. The minimum Gasteiger partial charge on any atom is -0.437 e. The number of nitrogens with zero attached hydrogens (tertiary/aromatic N) is 3. The first-order valence-corrected chi connectivity index (χ1v) is 5.57. The second-order valence-electron chi connectivity index (χ2n) is 4.02. The predicted molar refractivity (Wildman–Crippen MR) is 68.7 cm³/mol. The fraction of sp³-hybridized carbons (Fsp3) is 0.0769. The number of aromatic nitrogens is 3. The van der Waals surface area contributed by atoms with E-state index in [4.69, 9.17) is 10.5 Å². The van der Waals surface area contributed by atoms with Crippen molar-refractivity contribution in [2.24, 2.45) is 0 Å². The fourth-order valence-corrected chi connectivity index (χ4v) is 1.75. The monoisotopic (exact) mass is 240 g/mol. The molecule has 2 heterocycles. The molecule has 0 aliphatic rings. The molecule has 2 aromatic heterocycles. The van der Waals surface area contributed by atoms with Gasteiger partial charge in [0.1, 0.15) is 11.3 Å². The molecule has 0 spiro atoms. The van der Waals surface area contributed by atoms with Crippen molar-refractivity contribution in [3.05, 3.63) is 48.4 Å². The molecule has 0 amide bonds. The average Bonchev–Trinajstić information content (AvgIpc) is 2.73. The van der Waals surface area contributed by atoms with Gasteiger partial charge < -0.3 is 10.5 Å². The number of rotatable bonds is 2. The Balaban J connectivity index is 2.01. The molecule has 0 saturated heterocycles. The summed E-state index contributed by atoms with van der Waals surface area (Å²) in [6.45, 7) is 1.93. The molecule has 2 N–H and O–H groups in total. The third-order valence-electron chi connectivity index (χ3n) is 2.57. The van der Waals surface area contributed by atoms with E-state index in [2.05, 4.69) is 10.1 Å². The van der Waals surface area contributed by atoms with Crippen molar-refractivity contribution >= 4 is 11.2 Å². The van der Waals surface area contributed by atoms with Crippen LogP contribution in [0, 0.1) is 6.92 Å². The minimum absolute atomic E-state index is 0.530. The number of nitrogens with two attached hydrogens (primary N) is 1. The number of nitrogen functional groups attached to an aromatic ring is 1. The molecule has 0 radical (unpaired) electrons. The summed E-state index contributed by atoms with van der Waals surface area (Å²) >= 11 is 0. The molecule has 3 aromatic rings. The van der Waals surface area contributed by atoms with E-state index in [1.54, 1.807) is 29.0 Å². The molecule has 1 aromatic carbocycles. The Morgan fingerprint density at radius 3 is 2.78 bits per heavy atom. The summed E-state index contributed by atoms with van der Waals surface area (Å²) in [6, 6.07) is 9.13. The molecular formula is C13H12N4O. The largest absolute Gasteiger partial charge is 0.437 e. The summed E-state index contributed by atoms with van der Waals surface area (Å²) in [4.78, 5) is 4.22. The number of fused-ring (bicyclic) bond motifs is 1. The van der Waals surface area contributed by atoms with E-state index in [1.165, 1.54) is 0 Å². The van der Waals surface area contributed by atoms with Gasteiger partial charge in [-0.3, -0.25) is 0 Å². The lowest BCUT2D eigenvalue weighted by Crippen LogP contribution is -1.94. The smallest absolute Gasteiger partial charge is 0.245 e. The van der Waals surface area contributed by atoms with E-state index in [-0.39, 0.29) is 0 Å². The number of aryl methyl sites for hydroxylation is 1. The molecule has 90 valence electrons. The van der Waals surface area contributed by atoms with Crippen LogP contribution in [0.1, 0.15) is 5.69 Å². The molecule has 0 saturated carbocycles. The van der Waals surface area contributed by atoms with Crippen LogP contribution in [-0.2, 0) is 0 Å². The number of anilines is 1. The molecular weight excluding hydrogens is 228 g/mol. The van der Waals surface area contributed by atoms with Crippen LogP contribution in [0.2, 0.25) is 0 Å². The molecule has 0 atom stereocenters. The Hall–Kier alpha value is -2.56. The van der Waals surface area contributed by atoms with Crippen LogP contribution < -0.4 is 10.5 Å². The first-order chi connectivity index (χ1) is 8.72. The summed E-state index contributed by atoms with van der Waals surface area (Å²) in [6.07, 6.45) is 3.45. The van der Waals surface area contributed by atoms with Crippen LogP contribution >= 0.6 is 0 Å². The van der Waals surface area contributed by atoms with Crippen molar-refractivity contribution in [2.45, 2.75) is 6.92 Å². The quantitative estimate of drug-likeness (QED) is 0.698. The van der Waals surface area contributed by atoms with Crippen molar-refractivity contribution in [1.82, 2.24) is 14.6 Å². The summed E-state index contributed by atoms with van der Waals surface area (Å²) < 4.78 is 7.48. The van der Waals surface area contributed by atoms with Gasteiger partial charge in [0, 0.05) is 18.1 Å². The van der Waals surface area contributed by atoms with Gasteiger partial charge in [0.25, 0.3) is 0 Å². The Morgan fingerprint density at radius 1 is 1.22 bits per heavy atom. The van der Waals surface area contributed by atoms with Gasteiger partial charge in [0.15, 0.2) is 0 Å². The number of hydrogen-bond donors (Lipinski definition) is 1. The topological polar surface area (TPSA) is 65.4 Å². The van der Waals surface area contributed by atoms with E-state index in [0.29, 0.717) is 17.3 Å². The molecule has 5 heteroatoms. The lowest BCUT2D eigenvalue weighted by molar-refractivity contribution is 0.465. The molecule has 0 aliphatic heterocycles. The van der Waals surface area contributed by atoms with Crippen molar-refractivity contribution < 1.29 is 4.74 Å². The molecule has 0 fully saturated rings. The second-order valence-corrected chi connectivity index (χ2v) is 4.02. The second kappa shape index (κ2) is 4.03. The first-order valence-electron chi connectivity index (χ1n) is 5.57. The van der Waals surface area contributed by atoms with Gasteiger partial charge in [-0.05, 0) is 37.3 Å². The van der Waals surface area contributed by atoms with Gasteiger partial charge in [-0.25, -0.2) is 9.50 Å². The number of benzene rings is 1. The molecule has 5 nitrogen and oxygen atoms in total. The highest BCUT2D eigenvalue weighted by Gasteiger charge is 2.07. The molecule has 0 aliphatic carbocycles. The maximum absolute atomic E-state index is 5.73. The zero-order chi connectivity index (χ0) is 12.5. The van der Waals surface area contributed by atoms with Crippen LogP contribution in [0.4, 0.5) is 5.69 Å². The Morgan fingerprint density at radius 2 is 2.00 bits per heavy atom. The van der Waals surface area contributed by atoms with Crippen molar-refractivity contribution in [2.75, 3.05) is 5.73 Å². The van der Waals surface area contributed by atoms with Crippen molar-refractivity contribution in [3.8, 4) is 11.6 Å². The van der Waals surface area contributed by atoms with Gasteiger partial charge in [0.2, 0.25) is 5.88 Å². The van der Waals surface area contributed by atoms with Crippen LogP contribution in [0.15, 0.2) is 42.7 Å². The maximum Gasteiger partial charge on any atom is 0.245 e. The summed E-state index contributed by atoms with van der Waals surface area (Å²) in [5, 5.41) is 4.31. The predicted octanol–water partition coefficient (Wildman–Crippen LogP) is 2.41. The standard InChI is InChI=1S/C13H12N4O/c1-9-8-12-13(15-6-7-17(12)16-9)18-11-4-2-10(14)3-5-11/h2-8H,14H2,1H3. The molecule has 3 rings (SSSR count). The van der Waals surface area contributed by atoms with Crippen molar-refractivity contribution in [3.63, 3.8) is 0 Å². The van der Waals surface area contributed by atoms with E-state index in [0.717, 1.165) is 11.2 Å². The van der Waals surface area contributed by atoms with Gasteiger partial charge in [0.05, 0.1) is 5.69 Å². The van der Waals surface area contributed by atoms with Crippen molar-refractivity contribution in [1.29, 1.82) is 0 Å². The maximum atomic E-state index is 5.73. The molecule has 0 unspecified atom stereocenters. The van der Waals surface area contributed by atoms with Crippen LogP contribution in [0.5, 0.6) is 11.6 Å². The lowest BCUT2D eigenvalue weighted by atomic mass is 10.3. The normalized spacial score (nSPS) is 10.7. The van der Waals surface area contributed by atoms with Gasteiger partial charge in [-0.2, -0.15) is 5.10 Å². The minimum atomic E-state index is 0.530. The average molecular weight is 240 g/mol. The lowest BCUT2D eigenvalue weighted by Gasteiger charge is -2.05. The number of ether oxygens (including phenoxy) is 1. The van der Waals surface area contributed by atoms with Crippen LogP contribution in [0.25, 0.3) is 5.52 Å². The fourth-order valence-electron chi connectivity index (χ4n) is 1.75. The van der Waals surface area contributed by atoms with E-state index in [1.807, 2.05) is 25.1 Å². The zero-order valence-corrected chi connectivity index (χ0v) is 9.87. The highest BCUT2D eigenvalue weighted by molar-refractivity contribution is 5.57. The highest BCUT2D eigenvalue weighted by Crippen LogP contribution is 2.24.